The molecule has 0 spiro atoms. The fourth-order valence-electron chi connectivity index (χ4n) is 4.05. The number of hydrogen-bond donors (Lipinski definition) is 1. The van der Waals surface area contributed by atoms with Crippen LogP contribution in [-0.4, -0.2) is 33.9 Å². The van der Waals surface area contributed by atoms with E-state index in [0.717, 1.165) is 51.0 Å². The molecule has 6 nitrogen and oxygen atoms in total. The van der Waals surface area contributed by atoms with Crippen LogP contribution in [0.5, 0.6) is 0 Å². The lowest BCUT2D eigenvalue weighted by Crippen LogP contribution is -2.36. The van der Waals surface area contributed by atoms with E-state index in [2.05, 4.69) is 23.3 Å². The third kappa shape index (κ3) is 2.66. The van der Waals surface area contributed by atoms with Gasteiger partial charge in [0.2, 0.25) is 5.95 Å². The molecule has 0 radical (unpaired) electrons. The van der Waals surface area contributed by atoms with Gasteiger partial charge in [0.15, 0.2) is 0 Å². The number of aromatic nitrogens is 3. The van der Waals surface area contributed by atoms with Gasteiger partial charge in [0, 0.05) is 24.7 Å². The quantitative estimate of drug-likeness (QED) is 0.901. The number of anilines is 1. The molecule has 0 atom stereocenters. The van der Waals surface area contributed by atoms with Crippen molar-refractivity contribution >= 4 is 23.1 Å². The van der Waals surface area contributed by atoms with Crippen molar-refractivity contribution in [2.75, 3.05) is 18.5 Å². The molecule has 2 aromatic rings. The average molecular weight is 360 g/mol. The second-order valence-corrected chi connectivity index (χ2v) is 7.42. The molecule has 1 saturated heterocycles. The summed E-state index contributed by atoms with van der Waals surface area (Å²) in [4.78, 5) is 4.42. The highest BCUT2D eigenvalue weighted by Crippen LogP contribution is 2.49. The van der Waals surface area contributed by atoms with Gasteiger partial charge in [-0.1, -0.05) is 24.9 Å². The second-order valence-electron chi connectivity index (χ2n) is 7.05. The number of rotatable bonds is 4. The van der Waals surface area contributed by atoms with Crippen molar-refractivity contribution in [3.05, 3.63) is 22.5 Å². The molecule has 132 valence electrons. The van der Waals surface area contributed by atoms with Gasteiger partial charge >= 0.3 is 0 Å². The van der Waals surface area contributed by atoms with Crippen molar-refractivity contribution in [2.24, 2.45) is 0 Å². The van der Waals surface area contributed by atoms with Crippen molar-refractivity contribution in [2.45, 2.75) is 56.9 Å². The Labute approximate surface area is 152 Å². The van der Waals surface area contributed by atoms with Crippen LogP contribution in [-0.2, 0) is 10.2 Å². The molecule has 2 aliphatic rings. The first-order valence-corrected chi connectivity index (χ1v) is 9.38. The molecule has 3 heterocycles. The average Bonchev–Trinajstić information content (AvgIpc) is 2.88. The summed E-state index contributed by atoms with van der Waals surface area (Å²) in [5.41, 5.74) is 2.23. The minimum atomic E-state index is 0.00538. The summed E-state index contributed by atoms with van der Waals surface area (Å²) in [6.45, 7) is 3.70. The zero-order valence-electron chi connectivity index (χ0n) is 14.4. The molecular formula is C18H22ClN5O. The zero-order valence-corrected chi connectivity index (χ0v) is 15.1. The van der Waals surface area contributed by atoms with E-state index in [0.29, 0.717) is 28.1 Å². The number of nitrogens with one attached hydrogen (secondary N) is 1. The van der Waals surface area contributed by atoms with Gasteiger partial charge < -0.3 is 10.1 Å². The Morgan fingerprint density at radius 1 is 1.44 bits per heavy atom. The molecule has 2 aromatic heterocycles. The van der Waals surface area contributed by atoms with E-state index in [1.54, 1.807) is 6.20 Å². The van der Waals surface area contributed by atoms with Gasteiger partial charge in [0.05, 0.1) is 22.5 Å². The van der Waals surface area contributed by atoms with Gasteiger partial charge in [-0.15, -0.1) is 5.10 Å². The third-order valence-electron chi connectivity index (χ3n) is 5.78. The smallest absolute Gasteiger partial charge is 0.241 e. The van der Waals surface area contributed by atoms with Gasteiger partial charge in [-0.3, -0.25) is 0 Å². The summed E-state index contributed by atoms with van der Waals surface area (Å²) in [5.74, 6) is 0.586. The first-order chi connectivity index (χ1) is 12.2. The number of nitriles is 1. The fraction of sp³-hybridized carbons (Fsp3) is 0.611. The monoisotopic (exact) mass is 359 g/mol. The van der Waals surface area contributed by atoms with E-state index >= 15 is 0 Å². The maximum Gasteiger partial charge on any atom is 0.241 e. The molecule has 1 aliphatic heterocycles. The third-order valence-corrected chi connectivity index (χ3v) is 6.16. The molecule has 1 aliphatic carbocycles. The molecule has 2 fully saturated rings. The number of ether oxygens (including phenoxy) is 1. The topological polar surface area (TPSA) is 75.2 Å². The van der Waals surface area contributed by atoms with Crippen LogP contribution in [0.4, 0.5) is 5.95 Å². The molecule has 1 saturated carbocycles. The highest BCUT2D eigenvalue weighted by atomic mass is 35.5. The van der Waals surface area contributed by atoms with Gasteiger partial charge in [0.1, 0.15) is 11.6 Å². The van der Waals surface area contributed by atoms with Crippen LogP contribution >= 0.6 is 11.6 Å². The predicted molar refractivity (Wildman–Crippen MR) is 96.0 cm³/mol. The van der Waals surface area contributed by atoms with Crippen LogP contribution in [0.2, 0.25) is 5.02 Å². The molecule has 1 N–H and O–H groups in total. The van der Waals surface area contributed by atoms with Crippen molar-refractivity contribution in [1.29, 1.82) is 5.26 Å². The Balaban J connectivity index is 1.79. The van der Waals surface area contributed by atoms with E-state index in [1.807, 2.05) is 4.52 Å². The number of hydrogen-bond acceptors (Lipinski definition) is 5. The highest BCUT2D eigenvalue weighted by molar-refractivity contribution is 6.35. The summed E-state index contributed by atoms with van der Waals surface area (Å²) in [7, 11) is 0. The van der Waals surface area contributed by atoms with Crippen LogP contribution in [0.3, 0.4) is 0 Å². The predicted octanol–water partition coefficient (Wildman–Crippen LogP) is 3.68. The van der Waals surface area contributed by atoms with Crippen LogP contribution in [0.1, 0.15) is 56.7 Å². The van der Waals surface area contributed by atoms with E-state index < -0.39 is 0 Å². The van der Waals surface area contributed by atoms with Crippen LogP contribution in [0.15, 0.2) is 6.20 Å². The first-order valence-electron chi connectivity index (χ1n) is 9.00. The number of nitrogens with zero attached hydrogens (tertiary/aromatic N) is 4. The normalized spacial score (nSPS) is 20.2. The minimum absolute atomic E-state index is 0.00538. The van der Waals surface area contributed by atoms with E-state index in [-0.39, 0.29) is 5.41 Å². The zero-order chi connectivity index (χ0) is 17.4. The Kier molecular flexibility index (Phi) is 4.30. The Hall–Kier alpha value is -1.84. The van der Waals surface area contributed by atoms with E-state index in [9.17, 15) is 5.26 Å². The van der Waals surface area contributed by atoms with Gasteiger partial charge in [0.25, 0.3) is 0 Å². The van der Waals surface area contributed by atoms with Gasteiger partial charge in [-0.05, 0) is 32.1 Å². The molecule has 7 heteroatoms. The maximum absolute atomic E-state index is 9.68. The molecule has 0 amide bonds. The molecule has 0 bridgehead atoms. The Morgan fingerprint density at radius 3 is 2.80 bits per heavy atom. The second kappa shape index (κ2) is 6.47. The number of fused-ring (bicyclic) bond motifs is 1. The standard InChI is InChI=1S/C18H22ClN5O/c1-2-18(6-3-7-18)16-13(10-20)15(19)14-11-21-17(23-24(14)16)22-12-4-8-25-9-5-12/h11-12H,2-9H2,1H3,(H,22,23). The highest BCUT2D eigenvalue weighted by Gasteiger charge is 2.42. The van der Waals surface area contributed by atoms with E-state index in [1.165, 1.54) is 6.42 Å². The lowest BCUT2D eigenvalue weighted by Gasteiger charge is -2.41. The van der Waals surface area contributed by atoms with Crippen LogP contribution < -0.4 is 5.32 Å². The molecule has 0 unspecified atom stereocenters. The summed E-state index contributed by atoms with van der Waals surface area (Å²) >= 11 is 6.49. The number of halogens is 1. The minimum Gasteiger partial charge on any atom is -0.381 e. The van der Waals surface area contributed by atoms with Crippen molar-refractivity contribution in [1.82, 2.24) is 14.6 Å². The summed E-state index contributed by atoms with van der Waals surface area (Å²) in [5, 5.41) is 18.3. The van der Waals surface area contributed by atoms with Crippen molar-refractivity contribution in [3.63, 3.8) is 0 Å². The van der Waals surface area contributed by atoms with Crippen LogP contribution in [0, 0.1) is 11.3 Å². The lowest BCUT2D eigenvalue weighted by atomic mass is 9.64. The van der Waals surface area contributed by atoms with Crippen LogP contribution in [0.25, 0.3) is 5.52 Å². The van der Waals surface area contributed by atoms with Gasteiger partial charge in [-0.25, -0.2) is 9.50 Å². The molecule has 4 rings (SSSR count). The SMILES string of the molecule is CCC1(c2c(C#N)c(Cl)c3cnc(NC4CCOCC4)nn23)CCC1. The summed E-state index contributed by atoms with van der Waals surface area (Å²) < 4.78 is 7.26. The maximum atomic E-state index is 9.68. The first kappa shape index (κ1) is 16.6. The largest absolute Gasteiger partial charge is 0.381 e. The summed E-state index contributed by atoms with van der Waals surface area (Å²) in [6, 6.07) is 2.62. The van der Waals surface area contributed by atoms with E-state index in [4.69, 9.17) is 21.4 Å². The van der Waals surface area contributed by atoms with Crippen molar-refractivity contribution < 1.29 is 4.74 Å². The Bertz CT molecular complexity index is 825. The molecule has 0 aromatic carbocycles. The Morgan fingerprint density at radius 2 is 2.20 bits per heavy atom. The lowest BCUT2D eigenvalue weighted by molar-refractivity contribution is 0.0903. The molecular weight excluding hydrogens is 338 g/mol. The summed E-state index contributed by atoms with van der Waals surface area (Å²) in [6.07, 6.45) is 7.94. The van der Waals surface area contributed by atoms with Gasteiger partial charge in [-0.2, -0.15) is 5.26 Å². The van der Waals surface area contributed by atoms with Crippen molar-refractivity contribution in [3.8, 4) is 6.07 Å². The fourth-order valence-corrected chi connectivity index (χ4v) is 4.31. The molecule has 25 heavy (non-hydrogen) atoms.